The van der Waals surface area contributed by atoms with Crippen LogP contribution in [0.25, 0.3) is 10.9 Å². The van der Waals surface area contributed by atoms with Crippen molar-refractivity contribution in [3.05, 3.63) is 100.0 Å². The fraction of sp³-hybridized carbons (Fsp3) is 0.214. The number of nitrogens with zero attached hydrogens (tertiary/aromatic N) is 3. The van der Waals surface area contributed by atoms with E-state index in [9.17, 15) is 4.79 Å². The number of hydrogen-bond acceptors (Lipinski definition) is 6. The summed E-state index contributed by atoms with van der Waals surface area (Å²) < 4.78 is 6.13. The molecule has 1 saturated heterocycles. The highest BCUT2D eigenvalue weighted by Crippen LogP contribution is 2.34. The standard InChI is InChI=1S/C28H27ClN6O2/c29-22-13-20-23(14-19(22)28(36)35-10-4-5-11-35)33-16-34-26(20)25(30)21-12-18(27(31)32)8-9-24(21)37-15-17-6-2-1-3-7-17/h1-3,6-9,12-14,16,25H,4-5,10-11,15,30H2,(H3,31,32). The van der Waals surface area contributed by atoms with E-state index in [2.05, 4.69) is 9.97 Å². The molecule has 1 unspecified atom stereocenters. The zero-order valence-corrected chi connectivity index (χ0v) is 20.9. The van der Waals surface area contributed by atoms with E-state index in [-0.39, 0.29) is 11.7 Å². The van der Waals surface area contributed by atoms with Crippen LogP contribution in [0.5, 0.6) is 5.75 Å². The lowest BCUT2D eigenvalue weighted by Crippen LogP contribution is -2.27. The van der Waals surface area contributed by atoms with E-state index >= 15 is 0 Å². The second-order valence-corrected chi connectivity index (χ2v) is 9.43. The number of rotatable bonds is 7. The lowest BCUT2D eigenvalue weighted by molar-refractivity contribution is 0.0793. The summed E-state index contributed by atoms with van der Waals surface area (Å²) in [6, 6.07) is 17.7. The fourth-order valence-electron chi connectivity index (χ4n) is 4.57. The van der Waals surface area contributed by atoms with Crippen molar-refractivity contribution in [3.8, 4) is 5.75 Å². The quantitative estimate of drug-likeness (QED) is 0.247. The summed E-state index contributed by atoms with van der Waals surface area (Å²) in [5.74, 6) is 0.378. The van der Waals surface area contributed by atoms with Crippen LogP contribution >= 0.6 is 11.6 Å². The van der Waals surface area contributed by atoms with Gasteiger partial charge in [-0.1, -0.05) is 41.9 Å². The number of fused-ring (bicyclic) bond motifs is 1. The van der Waals surface area contributed by atoms with E-state index < -0.39 is 6.04 Å². The monoisotopic (exact) mass is 514 g/mol. The first-order valence-corrected chi connectivity index (χ1v) is 12.4. The van der Waals surface area contributed by atoms with Crippen molar-refractivity contribution in [1.82, 2.24) is 14.9 Å². The number of carbonyl (C=O) groups is 1. The van der Waals surface area contributed by atoms with Gasteiger partial charge in [0.2, 0.25) is 0 Å². The largest absolute Gasteiger partial charge is 0.489 e. The maximum absolute atomic E-state index is 13.0. The van der Waals surface area contributed by atoms with Gasteiger partial charge in [0, 0.05) is 29.6 Å². The molecule has 5 rings (SSSR count). The van der Waals surface area contributed by atoms with Crippen molar-refractivity contribution in [2.24, 2.45) is 11.5 Å². The number of nitrogens with two attached hydrogens (primary N) is 2. The number of ether oxygens (including phenoxy) is 1. The summed E-state index contributed by atoms with van der Waals surface area (Å²) in [6.07, 6.45) is 3.41. The molecule has 3 aromatic carbocycles. The third-order valence-electron chi connectivity index (χ3n) is 6.57. The summed E-state index contributed by atoms with van der Waals surface area (Å²) in [5, 5.41) is 8.86. The Morgan fingerprint density at radius 1 is 1.08 bits per heavy atom. The Hall–Kier alpha value is -4.01. The van der Waals surface area contributed by atoms with Gasteiger partial charge in [-0.05, 0) is 48.7 Å². The van der Waals surface area contributed by atoms with Crippen LogP contribution in [0.3, 0.4) is 0 Å². The Labute approximate surface area is 219 Å². The smallest absolute Gasteiger partial charge is 0.255 e. The van der Waals surface area contributed by atoms with E-state index in [1.54, 1.807) is 30.3 Å². The van der Waals surface area contributed by atoms with Crippen molar-refractivity contribution < 1.29 is 9.53 Å². The molecule has 4 aromatic rings. The van der Waals surface area contributed by atoms with Gasteiger partial charge in [0.1, 0.15) is 24.5 Å². The van der Waals surface area contributed by atoms with Gasteiger partial charge in [-0.25, -0.2) is 9.97 Å². The van der Waals surface area contributed by atoms with Crippen molar-refractivity contribution in [2.45, 2.75) is 25.5 Å². The number of benzene rings is 3. The summed E-state index contributed by atoms with van der Waals surface area (Å²) in [7, 11) is 0. The van der Waals surface area contributed by atoms with E-state index in [1.165, 1.54) is 6.33 Å². The van der Waals surface area contributed by atoms with Crippen LogP contribution in [0.2, 0.25) is 5.02 Å². The average Bonchev–Trinajstić information content (AvgIpc) is 3.46. The maximum atomic E-state index is 13.0. The molecule has 2 heterocycles. The van der Waals surface area contributed by atoms with Gasteiger partial charge in [-0.15, -0.1) is 0 Å². The third kappa shape index (κ3) is 5.12. The summed E-state index contributed by atoms with van der Waals surface area (Å²) in [6.45, 7) is 1.80. The molecule has 37 heavy (non-hydrogen) atoms. The number of likely N-dealkylation sites (tertiary alicyclic amines) is 1. The minimum atomic E-state index is -0.730. The first-order valence-electron chi connectivity index (χ1n) is 12.1. The number of halogens is 1. The van der Waals surface area contributed by atoms with Gasteiger partial charge in [-0.3, -0.25) is 10.2 Å². The number of aromatic nitrogens is 2. The van der Waals surface area contributed by atoms with Crippen LogP contribution in [0.4, 0.5) is 0 Å². The van der Waals surface area contributed by atoms with E-state index in [1.807, 2.05) is 35.2 Å². The molecular formula is C28H27ClN6O2. The Bertz CT molecular complexity index is 1470. The van der Waals surface area contributed by atoms with Gasteiger partial charge in [0.05, 0.1) is 27.8 Å². The van der Waals surface area contributed by atoms with Crippen LogP contribution in [0.15, 0.2) is 67.0 Å². The van der Waals surface area contributed by atoms with Crippen LogP contribution in [0.1, 0.15) is 51.6 Å². The topological polar surface area (TPSA) is 131 Å². The second kappa shape index (κ2) is 10.5. The van der Waals surface area contributed by atoms with Crippen molar-refractivity contribution in [3.63, 3.8) is 0 Å². The van der Waals surface area contributed by atoms with Crippen molar-refractivity contribution in [2.75, 3.05) is 13.1 Å². The molecule has 1 aromatic heterocycles. The summed E-state index contributed by atoms with van der Waals surface area (Å²) >= 11 is 6.60. The van der Waals surface area contributed by atoms with Crippen LogP contribution < -0.4 is 16.2 Å². The Balaban J connectivity index is 1.53. The number of nitrogen functional groups attached to an aromatic ring is 1. The van der Waals surface area contributed by atoms with E-state index in [0.29, 0.717) is 50.7 Å². The molecule has 0 saturated carbocycles. The van der Waals surface area contributed by atoms with Gasteiger partial charge in [-0.2, -0.15) is 0 Å². The minimum absolute atomic E-state index is 0.0799. The highest BCUT2D eigenvalue weighted by atomic mass is 35.5. The molecule has 1 atom stereocenters. The fourth-order valence-corrected chi connectivity index (χ4v) is 4.82. The number of carbonyl (C=O) groups excluding carboxylic acids is 1. The molecule has 1 fully saturated rings. The molecule has 9 heteroatoms. The predicted molar refractivity (Wildman–Crippen MR) is 144 cm³/mol. The Morgan fingerprint density at radius 3 is 2.57 bits per heavy atom. The number of hydrogen-bond donors (Lipinski definition) is 3. The maximum Gasteiger partial charge on any atom is 0.255 e. The van der Waals surface area contributed by atoms with E-state index in [4.69, 9.17) is 33.2 Å². The van der Waals surface area contributed by atoms with Gasteiger partial charge in [0.25, 0.3) is 5.91 Å². The molecule has 8 nitrogen and oxygen atoms in total. The van der Waals surface area contributed by atoms with Crippen LogP contribution in [-0.2, 0) is 6.61 Å². The van der Waals surface area contributed by atoms with Gasteiger partial charge in [0.15, 0.2) is 0 Å². The van der Waals surface area contributed by atoms with Crippen LogP contribution in [-0.4, -0.2) is 39.7 Å². The zero-order valence-electron chi connectivity index (χ0n) is 20.2. The lowest BCUT2D eigenvalue weighted by atomic mass is 9.97. The summed E-state index contributed by atoms with van der Waals surface area (Å²) in [4.78, 5) is 23.7. The van der Waals surface area contributed by atoms with Crippen molar-refractivity contribution >= 4 is 34.2 Å². The van der Waals surface area contributed by atoms with Crippen LogP contribution in [0, 0.1) is 5.41 Å². The molecular weight excluding hydrogens is 488 g/mol. The molecule has 0 spiro atoms. The predicted octanol–water partition coefficient (Wildman–Crippen LogP) is 4.43. The number of amidine groups is 1. The molecule has 0 bridgehead atoms. The average molecular weight is 515 g/mol. The lowest BCUT2D eigenvalue weighted by Gasteiger charge is -2.20. The normalized spacial score (nSPS) is 14.1. The van der Waals surface area contributed by atoms with Gasteiger partial charge >= 0.3 is 0 Å². The molecule has 1 amide bonds. The molecule has 188 valence electrons. The Kier molecular flexibility index (Phi) is 7.03. The van der Waals surface area contributed by atoms with Crippen molar-refractivity contribution in [1.29, 1.82) is 5.41 Å². The SMILES string of the molecule is N=C(N)c1ccc(OCc2ccccc2)c(C(N)c2ncnc3cc(C(=O)N4CCCC4)c(Cl)cc23)c1. The molecule has 0 radical (unpaired) electrons. The highest BCUT2D eigenvalue weighted by Gasteiger charge is 2.25. The minimum Gasteiger partial charge on any atom is -0.489 e. The zero-order chi connectivity index (χ0) is 25.9. The molecule has 1 aliphatic rings. The molecule has 1 aliphatic heterocycles. The third-order valence-corrected chi connectivity index (χ3v) is 6.88. The first-order chi connectivity index (χ1) is 17.9. The van der Waals surface area contributed by atoms with Gasteiger partial charge < -0.3 is 21.1 Å². The second-order valence-electron chi connectivity index (χ2n) is 9.03. The number of amides is 1. The first kappa shape index (κ1) is 24.7. The molecule has 5 N–H and O–H groups in total. The number of nitrogens with one attached hydrogen (secondary N) is 1. The summed E-state index contributed by atoms with van der Waals surface area (Å²) in [5.41, 5.74) is 16.2. The van der Waals surface area contributed by atoms with E-state index in [0.717, 1.165) is 31.5 Å². The highest BCUT2D eigenvalue weighted by molar-refractivity contribution is 6.34. The Morgan fingerprint density at radius 2 is 1.84 bits per heavy atom. The molecule has 0 aliphatic carbocycles.